The Morgan fingerprint density at radius 1 is 1.38 bits per heavy atom. The Balaban J connectivity index is 1.94. The summed E-state index contributed by atoms with van der Waals surface area (Å²) in [5.74, 6) is 1.15. The number of nitrogens with zero attached hydrogens (tertiary/aromatic N) is 3. The monoisotopic (exact) mass is 222 g/mol. The lowest BCUT2D eigenvalue weighted by atomic mass is 9.95. The van der Waals surface area contributed by atoms with Crippen molar-refractivity contribution in [1.82, 2.24) is 20.1 Å². The van der Waals surface area contributed by atoms with Gasteiger partial charge in [0.2, 0.25) is 0 Å². The van der Waals surface area contributed by atoms with E-state index in [0.29, 0.717) is 6.04 Å². The molecule has 16 heavy (non-hydrogen) atoms. The third-order valence-corrected chi connectivity index (χ3v) is 3.39. The Morgan fingerprint density at radius 3 is 2.94 bits per heavy atom. The summed E-state index contributed by atoms with van der Waals surface area (Å²) < 4.78 is 2.30. The summed E-state index contributed by atoms with van der Waals surface area (Å²) >= 11 is 0. The Hall–Kier alpha value is -0.900. The van der Waals surface area contributed by atoms with E-state index in [9.17, 15) is 0 Å². The normalized spacial score (nSPS) is 17.8. The van der Waals surface area contributed by atoms with Crippen molar-refractivity contribution in [2.75, 3.05) is 13.1 Å². The zero-order chi connectivity index (χ0) is 11.2. The maximum absolute atomic E-state index is 4.24. The minimum Gasteiger partial charge on any atom is -0.317 e. The second kappa shape index (κ2) is 5.99. The number of rotatable bonds is 5. The topological polar surface area (TPSA) is 42.7 Å². The van der Waals surface area contributed by atoms with Crippen LogP contribution in [0, 0.1) is 0 Å². The van der Waals surface area contributed by atoms with Crippen LogP contribution in [-0.2, 0) is 6.42 Å². The van der Waals surface area contributed by atoms with Gasteiger partial charge in [0.15, 0.2) is 0 Å². The van der Waals surface area contributed by atoms with E-state index in [1.165, 1.54) is 32.1 Å². The lowest BCUT2D eigenvalue weighted by Crippen LogP contribution is -2.20. The molecule has 4 heteroatoms. The maximum atomic E-state index is 4.24. The lowest BCUT2D eigenvalue weighted by Gasteiger charge is -2.23. The predicted octanol–water partition coefficient (Wildman–Crippen LogP) is 1.94. The number of hydrogen-bond acceptors (Lipinski definition) is 3. The van der Waals surface area contributed by atoms with E-state index in [4.69, 9.17) is 0 Å². The van der Waals surface area contributed by atoms with E-state index in [1.807, 2.05) is 6.33 Å². The largest absolute Gasteiger partial charge is 0.317 e. The van der Waals surface area contributed by atoms with E-state index in [-0.39, 0.29) is 0 Å². The molecule has 0 radical (unpaired) electrons. The molecule has 1 aromatic rings. The van der Waals surface area contributed by atoms with Gasteiger partial charge in [-0.05, 0) is 19.4 Å². The summed E-state index contributed by atoms with van der Waals surface area (Å²) in [6.45, 7) is 4.16. The van der Waals surface area contributed by atoms with E-state index in [0.717, 1.165) is 25.3 Å². The second-order valence-corrected chi connectivity index (χ2v) is 4.55. The first-order valence-corrected chi connectivity index (χ1v) is 6.51. The van der Waals surface area contributed by atoms with Crippen LogP contribution in [0.25, 0.3) is 0 Å². The lowest BCUT2D eigenvalue weighted by molar-refractivity contribution is 0.344. The molecule has 0 unspecified atom stereocenters. The Bertz CT molecular complexity index is 302. The van der Waals surface area contributed by atoms with E-state index in [2.05, 4.69) is 27.0 Å². The molecule has 1 N–H and O–H groups in total. The Kier molecular flexibility index (Phi) is 4.34. The fourth-order valence-corrected chi connectivity index (χ4v) is 2.49. The van der Waals surface area contributed by atoms with Gasteiger partial charge in [-0.15, -0.1) is 10.2 Å². The molecule has 1 aliphatic rings. The highest BCUT2D eigenvalue weighted by Crippen LogP contribution is 2.28. The minimum absolute atomic E-state index is 0.653. The van der Waals surface area contributed by atoms with Crippen LogP contribution in [0.2, 0.25) is 0 Å². The molecule has 1 heterocycles. The van der Waals surface area contributed by atoms with Crippen LogP contribution in [-0.4, -0.2) is 27.9 Å². The SMILES string of the molecule is CCNCCc1nncn1C1CCCCC1. The van der Waals surface area contributed by atoms with Crippen molar-refractivity contribution in [2.24, 2.45) is 0 Å². The van der Waals surface area contributed by atoms with Crippen molar-refractivity contribution in [3.05, 3.63) is 12.2 Å². The molecule has 0 atom stereocenters. The quantitative estimate of drug-likeness (QED) is 0.774. The first kappa shape index (κ1) is 11.6. The molecule has 1 fully saturated rings. The number of hydrogen-bond donors (Lipinski definition) is 1. The fourth-order valence-electron chi connectivity index (χ4n) is 2.49. The van der Waals surface area contributed by atoms with Gasteiger partial charge in [-0.1, -0.05) is 26.2 Å². The van der Waals surface area contributed by atoms with Crippen molar-refractivity contribution in [3.8, 4) is 0 Å². The van der Waals surface area contributed by atoms with Crippen LogP contribution in [0.15, 0.2) is 6.33 Å². The smallest absolute Gasteiger partial charge is 0.134 e. The molecule has 90 valence electrons. The first-order chi connectivity index (χ1) is 7.92. The molecule has 0 saturated heterocycles. The van der Waals surface area contributed by atoms with Crippen molar-refractivity contribution in [3.63, 3.8) is 0 Å². The zero-order valence-electron chi connectivity index (χ0n) is 10.2. The van der Waals surface area contributed by atoms with Gasteiger partial charge >= 0.3 is 0 Å². The van der Waals surface area contributed by atoms with E-state index < -0.39 is 0 Å². The molecule has 1 aliphatic carbocycles. The highest BCUT2D eigenvalue weighted by molar-refractivity contribution is 4.91. The van der Waals surface area contributed by atoms with Crippen LogP contribution < -0.4 is 5.32 Å². The first-order valence-electron chi connectivity index (χ1n) is 6.51. The zero-order valence-corrected chi connectivity index (χ0v) is 10.2. The maximum Gasteiger partial charge on any atom is 0.134 e. The van der Waals surface area contributed by atoms with Crippen LogP contribution in [0.1, 0.15) is 50.9 Å². The summed E-state index contributed by atoms with van der Waals surface area (Å²) in [6.07, 6.45) is 9.61. The minimum atomic E-state index is 0.653. The average molecular weight is 222 g/mol. The molecule has 0 amide bonds. The van der Waals surface area contributed by atoms with Gasteiger partial charge in [0.25, 0.3) is 0 Å². The molecule has 0 bridgehead atoms. The molecular formula is C12H22N4. The van der Waals surface area contributed by atoms with Crippen LogP contribution in [0.3, 0.4) is 0 Å². The molecule has 2 rings (SSSR count). The number of nitrogens with one attached hydrogen (secondary N) is 1. The molecular weight excluding hydrogens is 200 g/mol. The number of aromatic nitrogens is 3. The van der Waals surface area contributed by atoms with E-state index in [1.54, 1.807) is 0 Å². The highest BCUT2D eigenvalue weighted by Gasteiger charge is 2.17. The summed E-state index contributed by atoms with van der Waals surface area (Å²) in [5.41, 5.74) is 0. The van der Waals surface area contributed by atoms with Gasteiger partial charge in [0.1, 0.15) is 12.2 Å². The summed E-state index contributed by atoms with van der Waals surface area (Å²) in [7, 11) is 0. The van der Waals surface area contributed by atoms with Crippen molar-refractivity contribution in [1.29, 1.82) is 0 Å². The van der Waals surface area contributed by atoms with Crippen LogP contribution >= 0.6 is 0 Å². The van der Waals surface area contributed by atoms with Gasteiger partial charge in [-0.3, -0.25) is 0 Å². The van der Waals surface area contributed by atoms with Gasteiger partial charge in [0.05, 0.1) is 0 Å². The molecule has 0 aromatic carbocycles. The molecule has 4 nitrogen and oxygen atoms in total. The van der Waals surface area contributed by atoms with Gasteiger partial charge in [0, 0.05) is 19.0 Å². The van der Waals surface area contributed by atoms with Crippen molar-refractivity contribution in [2.45, 2.75) is 51.5 Å². The van der Waals surface area contributed by atoms with E-state index >= 15 is 0 Å². The highest BCUT2D eigenvalue weighted by atomic mass is 15.3. The standard InChI is InChI=1S/C12H22N4/c1-2-13-9-8-12-15-14-10-16(12)11-6-4-3-5-7-11/h10-11,13H,2-9H2,1H3. The molecule has 1 aromatic heterocycles. The number of likely N-dealkylation sites (N-methyl/N-ethyl adjacent to an activating group) is 1. The van der Waals surface area contributed by atoms with Crippen LogP contribution in [0.5, 0.6) is 0 Å². The summed E-state index contributed by atoms with van der Waals surface area (Å²) in [4.78, 5) is 0. The third-order valence-electron chi connectivity index (χ3n) is 3.39. The average Bonchev–Trinajstić information content (AvgIpc) is 2.79. The summed E-state index contributed by atoms with van der Waals surface area (Å²) in [6, 6.07) is 0.653. The third kappa shape index (κ3) is 2.82. The summed E-state index contributed by atoms with van der Waals surface area (Å²) in [5, 5.41) is 11.6. The van der Waals surface area contributed by atoms with Crippen LogP contribution in [0.4, 0.5) is 0 Å². The Labute approximate surface area is 97.5 Å². The fraction of sp³-hybridized carbons (Fsp3) is 0.833. The second-order valence-electron chi connectivity index (χ2n) is 4.55. The van der Waals surface area contributed by atoms with Gasteiger partial charge in [-0.2, -0.15) is 0 Å². The van der Waals surface area contributed by atoms with Gasteiger partial charge < -0.3 is 9.88 Å². The molecule has 0 aliphatic heterocycles. The van der Waals surface area contributed by atoms with Gasteiger partial charge in [-0.25, -0.2) is 0 Å². The Morgan fingerprint density at radius 2 is 2.19 bits per heavy atom. The van der Waals surface area contributed by atoms with Crippen molar-refractivity contribution < 1.29 is 0 Å². The molecule has 0 spiro atoms. The molecule has 1 saturated carbocycles. The predicted molar refractivity (Wildman–Crippen MR) is 64.4 cm³/mol. The van der Waals surface area contributed by atoms with Crippen molar-refractivity contribution >= 4 is 0 Å².